The molecule has 74 valence electrons. The van der Waals surface area contributed by atoms with Crippen LogP contribution >= 0.6 is 0 Å². The first-order valence-corrected chi connectivity index (χ1v) is 4.39. The summed E-state index contributed by atoms with van der Waals surface area (Å²) in [6.45, 7) is 1.81. The molecular weight excluding hydrogens is 180 g/mol. The Hall–Kier alpha value is -1.46. The van der Waals surface area contributed by atoms with E-state index in [4.69, 9.17) is 10.8 Å². The molecule has 2 rings (SSSR count). The molecule has 0 bridgehead atoms. The quantitative estimate of drug-likeness (QED) is 0.703. The smallest absolute Gasteiger partial charge is 0.140 e. The van der Waals surface area contributed by atoms with E-state index >= 15 is 0 Å². The molecule has 0 fully saturated rings. The topological polar surface area (TPSA) is 76.4 Å². The molecule has 0 aliphatic rings. The summed E-state index contributed by atoms with van der Waals surface area (Å²) in [7, 11) is 0. The van der Waals surface area contributed by atoms with Crippen molar-refractivity contribution in [2.75, 3.05) is 6.61 Å². The Labute approximate surface area is 81.2 Å². The van der Waals surface area contributed by atoms with Gasteiger partial charge in [0.1, 0.15) is 12.0 Å². The van der Waals surface area contributed by atoms with Crippen LogP contribution in [0.3, 0.4) is 0 Å². The summed E-state index contributed by atoms with van der Waals surface area (Å²) in [4.78, 5) is 8.31. The van der Waals surface area contributed by atoms with Gasteiger partial charge in [-0.25, -0.2) is 9.97 Å². The zero-order chi connectivity index (χ0) is 10.1. The average molecular weight is 192 g/mol. The Morgan fingerprint density at radius 2 is 2.43 bits per heavy atom. The summed E-state index contributed by atoms with van der Waals surface area (Å²) in [5.41, 5.74) is 8.16. The van der Waals surface area contributed by atoms with Crippen LogP contribution in [0.4, 0.5) is 0 Å². The standard InChI is InChI=1S/C9H12N4O/c1-6-9(7(10)4-14)12-8-2-3-11-5-13(6)8/h2-3,5,7,14H,4,10H2,1H3. The number of hydrogen-bond donors (Lipinski definition) is 2. The lowest BCUT2D eigenvalue weighted by atomic mass is 10.2. The molecule has 0 aliphatic heterocycles. The van der Waals surface area contributed by atoms with E-state index in [1.54, 1.807) is 18.6 Å². The highest BCUT2D eigenvalue weighted by molar-refractivity contribution is 5.42. The molecule has 0 aliphatic carbocycles. The van der Waals surface area contributed by atoms with Crippen LogP contribution in [0.1, 0.15) is 17.4 Å². The lowest BCUT2D eigenvalue weighted by molar-refractivity contribution is 0.266. The van der Waals surface area contributed by atoms with Gasteiger partial charge < -0.3 is 10.8 Å². The third-order valence-electron chi connectivity index (χ3n) is 2.25. The number of nitrogens with two attached hydrogens (primary N) is 1. The summed E-state index contributed by atoms with van der Waals surface area (Å²) in [6.07, 6.45) is 3.36. The Morgan fingerprint density at radius 1 is 1.64 bits per heavy atom. The van der Waals surface area contributed by atoms with E-state index < -0.39 is 6.04 Å². The summed E-state index contributed by atoms with van der Waals surface area (Å²) >= 11 is 0. The van der Waals surface area contributed by atoms with Crippen molar-refractivity contribution in [2.45, 2.75) is 13.0 Å². The maximum Gasteiger partial charge on any atom is 0.140 e. The maximum atomic E-state index is 8.95. The number of aliphatic hydroxyl groups excluding tert-OH is 1. The number of rotatable bonds is 2. The van der Waals surface area contributed by atoms with Crippen LogP contribution in [0.15, 0.2) is 18.6 Å². The van der Waals surface area contributed by atoms with Crippen molar-refractivity contribution >= 4 is 5.65 Å². The molecule has 0 aromatic carbocycles. The molecule has 3 N–H and O–H groups in total. The summed E-state index contributed by atoms with van der Waals surface area (Å²) in [5.74, 6) is 0. The van der Waals surface area contributed by atoms with Gasteiger partial charge in [0.05, 0.1) is 18.3 Å². The van der Waals surface area contributed by atoms with E-state index in [2.05, 4.69) is 9.97 Å². The Kier molecular flexibility index (Phi) is 2.18. The first-order valence-electron chi connectivity index (χ1n) is 4.39. The van der Waals surface area contributed by atoms with E-state index in [-0.39, 0.29) is 6.61 Å². The fourth-order valence-corrected chi connectivity index (χ4v) is 1.47. The molecule has 1 atom stereocenters. The van der Waals surface area contributed by atoms with Gasteiger partial charge in [-0.15, -0.1) is 0 Å². The van der Waals surface area contributed by atoms with E-state index in [1.165, 1.54) is 0 Å². The highest BCUT2D eigenvalue weighted by Crippen LogP contribution is 2.15. The van der Waals surface area contributed by atoms with Crippen LogP contribution in [0.5, 0.6) is 0 Å². The predicted octanol–water partition coefficient (Wildman–Crippen LogP) is 0.0298. The third-order valence-corrected chi connectivity index (χ3v) is 2.25. The SMILES string of the molecule is Cc1c(C(N)CO)nc2ccncn12. The van der Waals surface area contributed by atoms with Gasteiger partial charge in [0.15, 0.2) is 0 Å². The highest BCUT2D eigenvalue weighted by Gasteiger charge is 2.13. The summed E-state index contributed by atoms with van der Waals surface area (Å²) < 4.78 is 1.85. The normalized spacial score (nSPS) is 13.4. The van der Waals surface area contributed by atoms with Gasteiger partial charge in [0, 0.05) is 11.9 Å². The van der Waals surface area contributed by atoms with Crippen LogP contribution in [-0.2, 0) is 0 Å². The maximum absolute atomic E-state index is 8.95. The van der Waals surface area contributed by atoms with Gasteiger partial charge in [-0.2, -0.15) is 0 Å². The van der Waals surface area contributed by atoms with Gasteiger partial charge in [0.25, 0.3) is 0 Å². The molecule has 1 unspecified atom stereocenters. The summed E-state index contributed by atoms with van der Waals surface area (Å²) in [5, 5.41) is 8.95. The van der Waals surface area contributed by atoms with E-state index in [0.717, 1.165) is 17.0 Å². The molecule has 0 saturated heterocycles. The number of nitrogens with zero attached hydrogens (tertiary/aromatic N) is 3. The fraction of sp³-hybridized carbons (Fsp3) is 0.333. The van der Waals surface area contributed by atoms with Crippen molar-refractivity contribution in [3.05, 3.63) is 30.0 Å². The molecule has 0 spiro atoms. The average Bonchev–Trinajstić information content (AvgIpc) is 2.56. The van der Waals surface area contributed by atoms with Gasteiger partial charge in [-0.3, -0.25) is 4.40 Å². The molecule has 0 saturated carbocycles. The molecule has 2 aromatic heterocycles. The molecule has 14 heavy (non-hydrogen) atoms. The van der Waals surface area contributed by atoms with Crippen LogP contribution < -0.4 is 5.73 Å². The van der Waals surface area contributed by atoms with Crippen molar-refractivity contribution in [2.24, 2.45) is 5.73 Å². The van der Waals surface area contributed by atoms with Gasteiger partial charge in [-0.05, 0) is 13.0 Å². The highest BCUT2D eigenvalue weighted by atomic mass is 16.3. The van der Waals surface area contributed by atoms with E-state index in [0.29, 0.717) is 0 Å². The van der Waals surface area contributed by atoms with Crippen molar-refractivity contribution in [1.29, 1.82) is 0 Å². The van der Waals surface area contributed by atoms with Crippen LogP contribution in [0.2, 0.25) is 0 Å². The minimum absolute atomic E-state index is 0.0991. The summed E-state index contributed by atoms with van der Waals surface area (Å²) in [6, 6.07) is 1.38. The monoisotopic (exact) mass is 192 g/mol. The Bertz CT molecular complexity index is 451. The minimum atomic E-state index is -0.421. The third kappa shape index (κ3) is 1.26. The van der Waals surface area contributed by atoms with E-state index in [9.17, 15) is 0 Å². The number of aryl methyl sites for hydroxylation is 1. The number of aliphatic hydroxyl groups is 1. The van der Waals surface area contributed by atoms with Gasteiger partial charge >= 0.3 is 0 Å². The van der Waals surface area contributed by atoms with Gasteiger partial charge in [0.2, 0.25) is 0 Å². The molecule has 2 heterocycles. The molecule has 2 aromatic rings. The van der Waals surface area contributed by atoms with Crippen molar-refractivity contribution in [1.82, 2.24) is 14.4 Å². The van der Waals surface area contributed by atoms with Crippen LogP contribution in [0.25, 0.3) is 5.65 Å². The zero-order valence-electron chi connectivity index (χ0n) is 7.88. The van der Waals surface area contributed by atoms with Gasteiger partial charge in [-0.1, -0.05) is 0 Å². The molecule has 0 radical (unpaired) electrons. The first kappa shape index (κ1) is 9.11. The van der Waals surface area contributed by atoms with Crippen molar-refractivity contribution < 1.29 is 5.11 Å². The second-order valence-corrected chi connectivity index (χ2v) is 3.18. The second kappa shape index (κ2) is 3.36. The second-order valence-electron chi connectivity index (χ2n) is 3.18. The zero-order valence-corrected chi connectivity index (χ0v) is 7.88. The number of aromatic nitrogens is 3. The molecular formula is C9H12N4O. The fourth-order valence-electron chi connectivity index (χ4n) is 1.47. The predicted molar refractivity (Wildman–Crippen MR) is 51.7 cm³/mol. The van der Waals surface area contributed by atoms with Crippen LogP contribution in [0, 0.1) is 6.92 Å². The lowest BCUT2D eigenvalue weighted by Crippen LogP contribution is -2.16. The lowest BCUT2D eigenvalue weighted by Gasteiger charge is -2.04. The number of fused-ring (bicyclic) bond motifs is 1. The number of imidazole rings is 1. The Morgan fingerprint density at radius 3 is 3.07 bits per heavy atom. The van der Waals surface area contributed by atoms with E-state index in [1.807, 2.05) is 11.3 Å². The molecule has 5 nitrogen and oxygen atoms in total. The first-order chi connectivity index (χ1) is 6.74. The Balaban J connectivity index is 2.62. The van der Waals surface area contributed by atoms with Crippen molar-refractivity contribution in [3.8, 4) is 0 Å². The molecule has 5 heteroatoms. The number of hydrogen-bond acceptors (Lipinski definition) is 4. The largest absolute Gasteiger partial charge is 0.394 e. The van der Waals surface area contributed by atoms with Crippen molar-refractivity contribution in [3.63, 3.8) is 0 Å². The molecule has 0 amide bonds. The minimum Gasteiger partial charge on any atom is -0.394 e. The van der Waals surface area contributed by atoms with Crippen LogP contribution in [-0.4, -0.2) is 26.1 Å².